The Morgan fingerprint density at radius 3 is 2.49 bits per heavy atom. The Hall–Kier alpha value is -3.57. The predicted octanol–water partition coefficient (Wildman–Crippen LogP) is 5.24. The quantitative estimate of drug-likeness (QED) is 0.235. The molecule has 2 aliphatic rings. The molecule has 8 nitrogen and oxygen atoms in total. The maximum Gasteiger partial charge on any atom is 0.418 e. The van der Waals surface area contributed by atoms with Gasteiger partial charge in [0.2, 0.25) is 5.91 Å². The van der Waals surface area contributed by atoms with Crippen molar-refractivity contribution in [1.29, 1.82) is 0 Å². The van der Waals surface area contributed by atoms with Crippen molar-refractivity contribution in [2.75, 3.05) is 18.5 Å². The molecule has 4 rings (SSSR count). The summed E-state index contributed by atoms with van der Waals surface area (Å²) in [4.78, 5) is 30.8. The van der Waals surface area contributed by atoms with Gasteiger partial charge in [-0.2, -0.15) is 13.2 Å². The Bertz CT molecular complexity index is 1290. The number of aliphatic imine (C=N–C) groups is 1. The molecule has 1 saturated heterocycles. The minimum atomic E-state index is -4.57. The lowest BCUT2D eigenvalue weighted by molar-refractivity contribution is -0.137. The lowest BCUT2D eigenvalue weighted by Crippen LogP contribution is -2.59. The number of halogens is 4. The van der Waals surface area contributed by atoms with E-state index in [1.165, 1.54) is 31.0 Å². The van der Waals surface area contributed by atoms with Gasteiger partial charge in [-0.15, -0.1) is 0 Å². The Balaban J connectivity index is 1.36. The fraction of sp³-hybridized carbons (Fsp3) is 0.414. The third-order valence-electron chi connectivity index (χ3n) is 7.22. The van der Waals surface area contributed by atoms with E-state index in [0.29, 0.717) is 17.9 Å². The zero-order chi connectivity index (χ0) is 29.5. The highest BCUT2D eigenvalue weighted by Gasteiger charge is 2.44. The molecule has 41 heavy (non-hydrogen) atoms. The Morgan fingerprint density at radius 1 is 1.12 bits per heavy atom. The van der Waals surface area contributed by atoms with Crippen LogP contribution in [0.1, 0.15) is 49.7 Å². The van der Waals surface area contributed by atoms with Crippen molar-refractivity contribution in [1.82, 2.24) is 10.6 Å². The summed E-state index contributed by atoms with van der Waals surface area (Å²) in [6.45, 7) is 0.443. The van der Waals surface area contributed by atoms with Gasteiger partial charge in [-0.05, 0) is 48.7 Å². The SMILES string of the molecule is NC=C(C=NC1CCCCC1)C(=O)N[C@@]1(C(=O)NCc2ccc(Nc3ccc(Cl)cc3C(F)(F)F)cc2)CCOC1. The molecular formula is C29H33ClF3N5O3. The molecule has 0 spiro atoms. The lowest BCUT2D eigenvalue weighted by Gasteiger charge is -2.27. The van der Waals surface area contributed by atoms with Crippen LogP contribution in [0.3, 0.4) is 0 Å². The largest absolute Gasteiger partial charge is 0.418 e. The maximum absolute atomic E-state index is 13.4. The number of benzene rings is 2. The molecule has 0 aromatic heterocycles. The number of nitrogens with two attached hydrogens (primary N) is 1. The molecule has 1 aliphatic heterocycles. The van der Waals surface area contributed by atoms with Crippen molar-refractivity contribution < 1.29 is 27.5 Å². The first kappa shape index (κ1) is 30.4. The van der Waals surface area contributed by atoms with Crippen LogP contribution in [-0.2, 0) is 27.0 Å². The normalized spacial score (nSPS) is 20.2. The molecule has 2 aromatic rings. The molecule has 5 N–H and O–H groups in total. The van der Waals surface area contributed by atoms with E-state index in [1.807, 2.05) is 0 Å². The number of carbonyl (C=O) groups excluding carboxylic acids is 2. The number of hydrogen-bond donors (Lipinski definition) is 4. The van der Waals surface area contributed by atoms with E-state index in [1.54, 1.807) is 24.3 Å². The molecule has 2 fully saturated rings. The molecule has 1 atom stereocenters. The number of hydrogen-bond acceptors (Lipinski definition) is 6. The van der Waals surface area contributed by atoms with Crippen LogP contribution in [0.2, 0.25) is 5.02 Å². The van der Waals surface area contributed by atoms with E-state index in [9.17, 15) is 22.8 Å². The van der Waals surface area contributed by atoms with Crippen LogP contribution in [0.4, 0.5) is 24.5 Å². The van der Waals surface area contributed by atoms with E-state index in [2.05, 4.69) is 20.9 Å². The predicted molar refractivity (Wildman–Crippen MR) is 152 cm³/mol. The molecule has 0 unspecified atom stereocenters. The number of rotatable bonds is 9. The number of amides is 2. The van der Waals surface area contributed by atoms with Crippen LogP contribution >= 0.6 is 11.6 Å². The van der Waals surface area contributed by atoms with Crippen molar-refractivity contribution in [3.05, 3.63) is 70.4 Å². The van der Waals surface area contributed by atoms with Crippen molar-refractivity contribution in [2.24, 2.45) is 10.7 Å². The average Bonchev–Trinajstić information content (AvgIpc) is 3.43. The zero-order valence-corrected chi connectivity index (χ0v) is 23.2. The van der Waals surface area contributed by atoms with E-state index in [0.717, 1.165) is 31.7 Å². The van der Waals surface area contributed by atoms with Gasteiger partial charge in [-0.25, -0.2) is 0 Å². The van der Waals surface area contributed by atoms with Gasteiger partial charge >= 0.3 is 6.18 Å². The highest BCUT2D eigenvalue weighted by atomic mass is 35.5. The number of nitrogens with zero attached hydrogens (tertiary/aromatic N) is 1. The molecular weight excluding hydrogens is 559 g/mol. The Kier molecular flexibility index (Phi) is 9.93. The van der Waals surface area contributed by atoms with Crippen molar-refractivity contribution in [2.45, 2.75) is 62.8 Å². The highest BCUT2D eigenvalue weighted by Crippen LogP contribution is 2.37. The van der Waals surface area contributed by atoms with E-state index < -0.39 is 29.1 Å². The highest BCUT2D eigenvalue weighted by molar-refractivity contribution is 6.30. The Labute approximate surface area is 241 Å². The second-order valence-corrected chi connectivity index (χ2v) is 10.7. The van der Waals surface area contributed by atoms with Crippen molar-refractivity contribution in [3.63, 3.8) is 0 Å². The first-order valence-corrected chi connectivity index (χ1v) is 13.8. The van der Waals surface area contributed by atoms with Crippen LogP contribution in [-0.4, -0.2) is 42.8 Å². The van der Waals surface area contributed by atoms with Gasteiger partial charge in [0.05, 0.1) is 23.4 Å². The number of alkyl halides is 3. The van der Waals surface area contributed by atoms with Gasteiger partial charge in [-0.3, -0.25) is 14.6 Å². The minimum absolute atomic E-state index is 0.00762. The monoisotopic (exact) mass is 591 g/mol. The summed E-state index contributed by atoms with van der Waals surface area (Å²) in [5.41, 5.74) is 4.74. The van der Waals surface area contributed by atoms with Gasteiger partial charge in [0.15, 0.2) is 0 Å². The standard InChI is InChI=1S/C29H33ClF3N5O3/c30-21-8-11-25(24(14-21)29(31,32)33)37-23-9-6-19(7-10-23)16-36-27(40)28(12-13-41-18-28)38-26(39)20(15-34)17-35-22-4-2-1-3-5-22/h6-11,14-15,17,22,37H,1-5,12-13,16,18,34H2,(H,36,40)(H,38,39)/t28-/m0/s1. The van der Waals surface area contributed by atoms with Crippen molar-refractivity contribution >= 4 is 41.0 Å². The van der Waals surface area contributed by atoms with Gasteiger partial charge in [0.25, 0.3) is 5.91 Å². The fourth-order valence-corrected chi connectivity index (χ4v) is 5.03. The average molecular weight is 592 g/mol. The number of carbonyl (C=O) groups is 2. The summed E-state index contributed by atoms with van der Waals surface area (Å²) in [6.07, 6.45) is 3.73. The summed E-state index contributed by atoms with van der Waals surface area (Å²) in [5.74, 6) is -0.925. The molecule has 0 bridgehead atoms. The van der Waals surface area contributed by atoms with Gasteiger partial charge in [-0.1, -0.05) is 43.0 Å². The summed E-state index contributed by atoms with van der Waals surface area (Å²) in [5, 5.41) is 8.37. The first-order valence-electron chi connectivity index (χ1n) is 13.5. The second-order valence-electron chi connectivity index (χ2n) is 10.2. The topological polar surface area (TPSA) is 118 Å². The molecule has 0 radical (unpaired) electrons. The van der Waals surface area contributed by atoms with E-state index in [4.69, 9.17) is 22.1 Å². The van der Waals surface area contributed by atoms with Gasteiger partial charge in [0.1, 0.15) is 5.54 Å². The van der Waals surface area contributed by atoms with Crippen molar-refractivity contribution in [3.8, 4) is 0 Å². The second kappa shape index (κ2) is 13.4. The minimum Gasteiger partial charge on any atom is -0.404 e. The van der Waals surface area contributed by atoms with Crippen LogP contribution in [0.25, 0.3) is 0 Å². The lowest BCUT2D eigenvalue weighted by atomic mass is 9.95. The smallest absolute Gasteiger partial charge is 0.404 e. The summed E-state index contributed by atoms with van der Waals surface area (Å²) in [6, 6.07) is 10.2. The van der Waals surface area contributed by atoms with Gasteiger partial charge < -0.3 is 26.4 Å². The molecule has 2 aromatic carbocycles. The Morgan fingerprint density at radius 2 is 1.85 bits per heavy atom. The number of anilines is 2. The van der Waals surface area contributed by atoms with Crippen LogP contribution in [0, 0.1) is 0 Å². The molecule has 2 amide bonds. The number of ether oxygens (including phenoxy) is 1. The summed E-state index contributed by atoms with van der Waals surface area (Å²) < 4.78 is 45.7. The zero-order valence-electron chi connectivity index (χ0n) is 22.4. The van der Waals surface area contributed by atoms with E-state index in [-0.39, 0.29) is 41.9 Å². The third-order valence-corrected chi connectivity index (χ3v) is 7.46. The van der Waals surface area contributed by atoms with E-state index >= 15 is 0 Å². The molecule has 1 saturated carbocycles. The van der Waals surface area contributed by atoms with Gasteiger partial charge in [0, 0.05) is 48.7 Å². The van der Waals surface area contributed by atoms with Crippen LogP contribution in [0.5, 0.6) is 0 Å². The third kappa shape index (κ3) is 8.01. The molecule has 1 aliphatic carbocycles. The molecule has 1 heterocycles. The summed E-state index contributed by atoms with van der Waals surface area (Å²) >= 11 is 5.75. The fourth-order valence-electron chi connectivity index (χ4n) is 4.86. The van der Waals surface area contributed by atoms with Crippen LogP contribution < -0.4 is 21.7 Å². The maximum atomic E-state index is 13.4. The number of nitrogens with one attached hydrogen (secondary N) is 3. The first-order chi connectivity index (χ1) is 19.6. The molecule has 12 heteroatoms. The molecule has 220 valence electrons. The van der Waals surface area contributed by atoms with Crippen LogP contribution in [0.15, 0.2) is 59.2 Å². The summed E-state index contributed by atoms with van der Waals surface area (Å²) in [7, 11) is 0.